The van der Waals surface area contributed by atoms with Crippen molar-refractivity contribution in [3.8, 4) is 0 Å². The summed E-state index contributed by atoms with van der Waals surface area (Å²) in [6, 6.07) is 0.669. The van der Waals surface area contributed by atoms with Gasteiger partial charge in [0.05, 0.1) is 7.11 Å². The Hall–Kier alpha value is -0.990. The lowest BCUT2D eigenvalue weighted by Gasteiger charge is -1.99. The van der Waals surface area contributed by atoms with Crippen LogP contribution in [0.5, 0.6) is 0 Å². The molecular weight excluding hydrogens is 190 g/mol. The molecule has 0 radical (unpaired) electrons. The predicted octanol–water partition coefficient (Wildman–Crippen LogP) is 2.33. The third kappa shape index (κ3) is 4.86. The van der Waals surface area contributed by atoms with Crippen LogP contribution in [0.15, 0.2) is 12.3 Å². The largest absolute Gasteiger partial charge is 0.466 e. The monoisotopic (exact) mass is 211 g/mol. The number of hydrogen-bond donors (Lipinski definition) is 0. The summed E-state index contributed by atoms with van der Waals surface area (Å²) in [6.07, 6.45) is 9.86. The third-order valence-corrected chi connectivity index (χ3v) is 2.75. The lowest BCUT2D eigenvalue weighted by atomic mass is 10.1. The summed E-state index contributed by atoms with van der Waals surface area (Å²) in [5.74, 6) is -0.272. The van der Waals surface area contributed by atoms with E-state index in [-0.39, 0.29) is 5.97 Å². The van der Waals surface area contributed by atoms with Gasteiger partial charge in [0.2, 0.25) is 0 Å². The van der Waals surface area contributed by atoms with Crippen molar-refractivity contribution < 1.29 is 9.53 Å². The van der Waals surface area contributed by atoms with Crippen LogP contribution in [0.1, 0.15) is 39.0 Å². The van der Waals surface area contributed by atoms with E-state index in [0.717, 1.165) is 6.54 Å². The Balaban J connectivity index is 2.02. The Kier molecular flexibility index (Phi) is 5.22. The van der Waals surface area contributed by atoms with E-state index in [1.54, 1.807) is 0 Å². The molecule has 1 saturated heterocycles. The minimum atomic E-state index is -0.272. The predicted molar refractivity (Wildman–Crippen MR) is 60.4 cm³/mol. The summed E-state index contributed by atoms with van der Waals surface area (Å²) in [6.45, 7) is 3.32. The number of rotatable bonds is 7. The molecule has 1 aliphatic heterocycles. The molecule has 15 heavy (non-hydrogen) atoms. The van der Waals surface area contributed by atoms with Crippen LogP contribution in [0.3, 0.4) is 0 Å². The van der Waals surface area contributed by atoms with E-state index in [1.807, 2.05) is 6.20 Å². The summed E-state index contributed by atoms with van der Waals surface area (Å²) in [5.41, 5.74) is 0. The zero-order valence-electron chi connectivity index (χ0n) is 9.74. The maximum Gasteiger partial charge on any atom is 0.331 e. The number of carbonyl (C=O) groups excluding carboxylic acids is 1. The first-order valence-corrected chi connectivity index (χ1v) is 5.79. The Morgan fingerprint density at radius 1 is 1.47 bits per heavy atom. The molecular formula is C12H21NO2. The quantitative estimate of drug-likeness (QED) is 0.280. The first-order chi connectivity index (χ1) is 7.27. The first kappa shape index (κ1) is 12.1. The molecule has 1 unspecified atom stereocenters. The standard InChI is InChI=1S/C12H21NO2/c1-3-4-5-6-7-11-10-13(11)9-8-12(14)15-2/h8-9,11H,3-7,10H2,1-2H3/b9-8+. The molecule has 1 atom stereocenters. The number of nitrogens with zero attached hydrogens (tertiary/aromatic N) is 1. The molecule has 0 spiro atoms. The molecule has 0 aromatic heterocycles. The molecule has 0 aliphatic carbocycles. The van der Waals surface area contributed by atoms with Crippen LogP contribution in [0, 0.1) is 0 Å². The van der Waals surface area contributed by atoms with Crippen LogP contribution in [0.4, 0.5) is 0 Å². The van der Waals surface area contributed by atoms with Gasteiger partial charge in [-0.1, -0.05) is 32.6 Å². The minimum Gasteiger partial charge on any atom is -0.466 e. The van der Waals surface area contributed by atoms with Crippen LogP contribution in [0.2, 0.25) is 0 Å². The second-order valence-corrected chi connectivity index (χ2v) is 4.04. The van der Waals surface area contributed by atoms with Gasteiger partial charge in [0.15, 0.2) is 0 Å². The minimum absolute atomic E-state index is 0.272. The van der Waals surface area contributed by atoms with Gasteiger partial charge in [-0.25, -0.2) is 4.79 Å². The fourth-order valence-electron chi connectivity index (χ4n) is 1.67. The van der Waals surface area contributed by atoms with E-state index < -0.39 is 0 Å². The van der Waals surface area contributed by atoms with Crippen molar-refractivity contribution in [3.63, 3.8) is 0 Å². The number of hydrogen-bond acceptors (Lipinski definition) is 3. The van der Waals surface area contributed by atoms with Crippen LogP contribution in [-0.2, 0) is 9.53 Å². The van der Waals surface area contributed by atoms with E-state index in [9.17, 15) is 4.79 Å². The maximum atomic E-state index is 10.8. The van der Waals surface area contributed by atoms with Gasteiger partial charge in [-0.3, -0.25) is 0 Å². The summed E-state index contributed by atoms with van der Waals surface area (Å²) in [4.78, 5) is 13.0. The van der Waals surface area contributed by atoms with Crippen molar-refractivity contribution in [2.24, 2.45) is 0 Å². The van der Waals surface area contributed by atoms with Gasteiger partial charge in [-0.15, -0.1) is 0 Å². The molecule has 0 amide bonds. The Labute approximate surface area is 92.1 Å². The van der Waals surface area contributed by atoms with Crippen LogP contribution >= 0.6 is 0 Å². The van der Waals surface area contributed by atoms with E-state index in [0.29, 0.717) is 6.04 Å². The van der Waals surface area contributed by atoms with Crippen molar-refractivity contribution in [1.82, 2.24) is 4.90 Å². The zero-order chi connectivity index (χ0) is 11.1. The molecule has 86 valence electrons. The molecule has 0 aromatic rings. The molecule has 3 heteroatoms. The molecule has 0 N–H and O–H groups in total. The second kappa shape index (κ2) is 6.49. The highest BCUT2D eigenvalue weighted by molar-refractivity contribution is 5.81. The summed E-state index contributed by atoms with van der Waals surface area (Å²) in [5, 5.41) is 0. The van der Waals surface area contributed by atoms with Crippen LogP contribution in [0.25, 0.3) is 0 Å². The second-order valence-electron chi connectivity index (χ2n) is 4.04. The fraction of sp³-hybridized carbons (Fsp3) is 0.750. The highest BCUT2D eigenvalue weighted by Gasteiger charge is 2.29. The highest BCUT2D eigenvalue weighted by Crippen LogP contribution is 2.23. The Morgan fingerprint density at radius 3 is 2.93 bits per heavy atom. The molecule has 0 saturated carbocycles. The van der Waals surface area contributed by atoms with Gasteiger partial charge >= 0.3 is 5.97 Å². The number of ether oxygens (including phenoxy) is 1. The number of esters is 1. The number of methoxy groups -OCH3 is 1. The zero-order valence-corrected chi connectivity index (χ0v) is 9.74. The Morgan fingerprint density at radius 2 is 2.27 bits per heavy atom. The van der Waals surface area contributed by atoms with E-state index in [1.165, 1.54) is 45.3 Å². The third-order valence-electron chi connectivity index (χ3n) is 2.75. The highest BCUT2D eigenvalue weighted by atomic mass is 16.5. The summed E-state index contributed by atoms with van der Waals surface area (Å²) < 4.78 is 4.52. The van der Waals surface area contributed by atoms with Crippen molar-refractivity contribution in [3.05, 3.63) is 12.3 Å². The fourth-order valence-corrected chi connectivity index (χ4v) is 1.67. The SMILES string of the molecule is CCCCCCC1CN1/C=C/C(=O)OC. The van der Waals surface area contributed by atoms with Crippen molar-refractivity contribution in [2.75, 3.05) is 13.7 Å². The average Bonchev–Trinajstić information content (AvgIpc) is 3.00. The van der Waals surface area contributed by atoms with Crippen molar-refractivity contribution in [1.29, 1.82) is 0 Å². The van der Waals surface area contributed by atoms with Crippen LogP contribution in [-0.4, -0.2) is 30.6 Å². The first-order valence-electron chi connectivity index (χ1n) is 5.79. The van der Waals surface area contributed by atoms with Crippen LogP contribution < -0.4 is 0 Å². The molecule has 0 aromatic carbocycles. The van der Waals surface area contributed by atoms with Gasteiger partial charge in [0, 0.05) is 24.9 Å². The maximum absolute atomic E-state index is 10.8. The van der Waals surface area contributed by atoms with Gasteiger partial charge < -0.3 is 9.64 Å². The van der Waals surface area contributed by atoms with Crippen molar-refractivity contribution >= 4 is 5.97 Å². The smallest absolute Gasteiger partial charge is 0.331 e. The average molecular weight is 211 g/mol. The lowest BCUT2D eigenvalue weighted by molar-refractivity contribution is -0.134. The van der Waals surface area contributed by atoms with E-state index in [4.69, 9.17) is 0 Å². The number of carbonyl (C=O) groups is 1. The molecule has 1 aliphatic rings. The topological polar surface area (TPSA) is 29.3 Å². The molecule has 0 bridgehead atoms. The molecule has 1 rings (SSSR count). The van der Waals surface area contributed by atoms with Gasteiger partial charge in [0.1, 0.15) is 0 Å². The number of unbranched alkanes of at least 4 members (excludes halogenated alkanes) is 3. The lowest BCUT2D eigenvalue weighted by Crippen LogP contribution is -1.98. The van der Waals surface area contributed by atoms with E-state index in [2.05, 4.69) is 16.6 Å². The molecule has 1 fully saturated rings. The summed E-state index contributed by atoms with van der Waals surface area (Å²) in [7, 11) is 1.40. The van der Waals surface area contributed by atoms with E-state index >= 15 is 0 Å². The van der Waals surface area contributed by atoms with Gasteiger partial charge in [-0.05, 0) is 6.42 Å². The van der Waals surface area contributed by atoms with Gasteiger partial charge in [0.25, 0.3) is 0 Å². The molecule has 1 heterocycles. The normalized spacial score (nSPS) is 19.6. The van der Waals surface area contributed by atoms with Gasteiger partial charge in [-0.2, -0.15) is 0 Å². The Bertz CT molecular complexity index is 226. The summed E-state index contributed by atoms with van der Waals surface area (Å²) >= 11 is 0. The van der Waals surface area contributed by atoms with Crippen molar-refractivity contribution in [2.45, 2.75) is 45.1 Å². The molecule has 3 nitrogen and oxygen atoms in total.